The van der Waals surface area contributed by atoms with Crippen LogP contribution in [0.25, 0.3) is 0 Å². The van der Waals surface area contributed by atoms with Crippen LogP contribution < -0.4 is 0 Å². The van der Waals surface area contributed by atoms with Gasteiger partial charge in [0.25, 0.3) is 0 Å². The number of carbonyl (C=O) groups is 2. The Morgan fingerprint density at radius 1 is 0.372 bits per heavy atom. The third kappa shape index (κ3) is 33.2. The van der Waals surface area contributed by atoms with Crippen LogP contribution in [0.3, 0.4) is 0 Å². The van der Waals surface area contributed by atoms with Crippen molar-refractivity contribution in [1.82, 2.24) is 0 Å². The first-order valence-electron chi connectivity index (χ1n) is 35.7. The van der Waals surface area contributed by atoms with Gasteiger partial charge < -0.3 is 43.0 Å². The lowest BCUT2D eigenvalue weighted by molar-refractivity contribution is -0.288. The molecule has 0 aromatic heterocycles. The van der Waals surface area contributed by atoms with Crippen molar-refractivity contribution < 1.29 is 70.7 Å². The molecule has 5 aromatic rings. The SMILES string of the molecule is CCCCCCCCCCCCCCCC(=O)OC[C@@H](COP(=O)(OCc1ccccc1)O[C@@H]1[C@H](OCOCc2ccccc2)[C@H](OCc2ccccc2)[C@@H](OCc2ccccc2)[C@H](O)[C@H]1OCOCc1ccccc1)OC(=O)CCCCCCCCCCCCCCC. The number of hydrogen-bond donors (Lipinski definition) is 1. The molecule has 1 unspecified atom stereocenters. The number of esters is 2. The van der Waals surface area contributed by atoms with Crippen LogP contribution in [-0.4, -0.2) is 86.6 Å². The molecule has 0 heterocycles. The van der Waals surface area contributed by atoms with Gasteiger partial charge in [-0.2, -0.15) is 0 Å². The topological polar surface area (TPSA) is 173 Å². The van der Waals surface area contributed by atoms with E-state index in [0.717, 1.165) is 60.8 Å². The van der Waals surface area contributed by atoms with Crippen molar-refractivity contribution in [3.8, 4) is 0 Å². The normalized spacial score (nSPS) is 18.2. The highest BCUT2D eigenvalue weighted by atomic mass is 31.2. The molecule has 15 nitrogen and oxygen atoms in total. The van der Waals surface area contributed by atoms with Crippen molar-refractivity contribution in [1.29, 1.82) is 0 Å². The van der Waals surface area contributed by atoms with Crippen molar-refractivity contribution in [2.24, 2.45) is 0 Å². The molecule has 1 aliphatic rings. The van der Waals surface area contributed by atoms with Crippen LogP contribution in [0.5, 0.6) is 0 Å². The van der Waals surface area contributed by atoms with Gasteiger partial charge in [-0.15, -0.1) is 0 Å². The summed E-state index contributed by atoms with van der Waals surface area (Å²) < 4.78 is 86.5. The lowest BCUT2D eigenvalue weighted by atomic mass is 9.84. The van der Waals surface area contributed by atoms with Crippen molar-refractivity contribution in [2.45, 2.75) is 269 Å². The molecule has 0 saturated heterocycles. The van der Waals surface area contributed by atoms with Gasteiger partial charge in [-0.3, -0.25) is 23.2 Å². The molecule has 0 radical (unpaired) electrons. The van der Waals surface area contributed by atoms with Gasteiger partial charge >= 0.3 is 19.8 Å². The van der Waals surface area contributed by atoms with E-state index in [1.54, 1.807) is 12.1 Å². The second-order valence-electron chi connectivity index (χ2n) is 25.0. The Bertz CT molecular complexity index is 2690. The predicted octanol–water partition coefficient (Wildman–Crippen LogP) is 18.8. The molecule has 0 amide bonds. The molecule has 5 aromatic carbocycles. The fourth-order valence-corrected chi connectivity index (χ4v) is 13.0. The second kappa shape index (κ2) is 49.4. The van der Waals surface area contributed by atoms with E-state index in [9.17, 15) is 14.7 Å². The van der Waals surface area contributed by atoms with E-state index in [1.807, 2.05) is 140 Å². The van der Waals surface area contributed by atoms with Crippen LogP contribution in [0.4, 0.5) is 0 Å². The Morgan fingerprint density at radius 2 is 0.702 bits per heavy atom. The summed E-state index contributed by atoms with van der Waals surface area (Å²) in [4.78, 5) is 27.3. The lowest BCUT2D eigenvalue weighted by Gasteiger charge is -2.48. The summed E-state index contributed by atoms with van der Waals surface area (Å²) in [5.41, 5.74) is 4.08. The Hall–Kier alpha value is -5.13. The van der Waals surface area contributed by atoms with Gasteiger partial charge in [0.05, 0.1) is 39.6 Å². The minimum absolute atomic E-state index is 0.0513. The van der Waals surface area contributed by atoms with Gasteiger partial charge in [0.2, 0.25) is 0 Å². The summed E-state index contributed by atoms with van der Waals surface area (Å²) in [5.74, 6) is -0.945. The standard InChI is InChI=1S/C78H113O15P/c1-3-5-7-9-11-13-15-17-19-21-23-25-42-54-71(79)85-61-70(92-72(80)55-43-26-24-22-20-18-16-14-12-10-8-6-4-2)62-91-94(82,90-60-69-52-40-31-41-53-69)93-78-75(88-63-83-56-65-44-32-27-33-45-65)73(81)74(86-58-67-48-36-29-37-49-67)76(87-59-68-50-38-30-39-51-68)77(78)89-64-84-57-66-46-34-28-35-47-66/h27-41,44-53,70,73-78,81H,3-26,42-43,54-64H2,1-2H3/t70-,73-,74-,75+,76+,77+,78-,94?/m0/s1. The molecule has 6 rings (SSSR count). The molecule has 1 saturated carbocycles. The predicted molar refractivity (Wildman–Crippen MR) is 369 cm³/mol. The number of aliphatic hydroxyl groups excluding tert-OH is 1. The van der Waals surface area contributed by atoms with E-state index >= 15 is 4.57 Å². The van der Waals surface area contributed by atoms with Crippen LogP contribution >= 0.6 is 7.82 Å². The van der Waals surface area contributed by atoms with E-state index in [4.69, 9.17) is 51.5 Å². The molecule has 0 bridgehead atoms. The number of unbranched alkanes of at least 4 members (excludes halogenated alkanes) is 24. The fourth-order valence-electron chi connectivity index (χ4n) is 11.6. The van der Waals surface area contributed by atoms with Crippen LogP contribution in [0, 0.1) is 0 Å². The zero-order valence-electron chi connectivity index (χ0n) is 56.7. The number of rotatable bonds is 55. The zero-order valence-corrected chi connectivity index (χ0v) is 57.6. The molecule has 94 heavy (non-hydrogen) atoms. The van der Waals surface area contributed by atoms with Crippen molar-refractivity contribution in [3.63, 3.8) is 0 Å². The summed E-state index contributed by atoms with van der Waals surface area (Å²) in [6.45, 7) is 3.12. The number of benzene rings is 5. The number of hydrogen-bond acceptors (Lipinski definition) is 15. The smallest absolute Gasteiger partial charge is 0.462 e. The monoisotopic (exact) mass is 1320 g/mol. The number of phosphoric acid groups is 1. The molecule has 1 N–H and O–H groups in total. The Kier molecular flexibility index (Phi) is 40.9. The minimum Gasteiger partial charge on any atom is -0.462 e. The summed E-state index contributed by atoms with van der Waals surface area (Å²) in [6.07, 6.45) is 21.4. The fraction of sp³-hybridized carbons (Fsp3) is 0.590. The maximum Gasteiger partial charge on any atom is 0.475 e. The molecule has 0 aliphatic heterocycles. The van der Waals surface area contributed by atoms with Crippen molar-refractivity contribution in [2.75, 3.05) is 26.8 Å². The summed E-state index contributed by atoms with van der Waals surface area (Å²) in [5, 5.41) is 12.9. The lowest BCUT2D eigenvalue weighted by Crippen LogP contribution is -2.67. The highest BCUT2D eigenvalue weighted by molar-refractivity contribution is 7.48. The highest BCUT2D eigenvalue weighted by Gasteiger charge is 2.56. The zero-order chi connectivity index (χ0) is 66.2. The Morgan fingerprint density at radius 3 is 1.12 bits per heavy atom. The van der Waals surface area contributed by atoms with E-state index < -0.39 is 69.1 Å². The summed E-state index contributed by atoms with van der Waals surface area (Å²) in [6, 6.07) is 47.4. The molecule has 0 spiro atoms. The van der Waals surface area contributed by atoms with Crippen LogP contribution in [0.15, 0.2) is 152 Å². The third-order valence-electron chi connectivity index (χ3n) is 17.0. The van der Waals surface area contributed by atoms with E-state index in [1.165, 1.54) is 116 Å². The average Bonchev–Trinajstić information content (AvgIpc) is 0.769. The number of aliphatic hydroxyl groups is 1. The highest BCUT2D eigenvalue weighted by Crippen LogP contribution is 2.54. The first kappa shape index (κ1) is 77.9. The first-order valence-corrected chi connectivity index (χ1v) is 37.1. The Balaban J connectivity index is 1.23. The quantitative estimate of drug-likeness (QED) is 0.0168. The van der Waals surface area contributed by atoms with Crippen LogP contribution in [0.2, 0.25) is 0 Å². The maximum absolute atomic E-state index is 16.0. The van der Waals surface area contributed by atoms with Crippen LogP contribution in [-0.2, 0) is 98.7 Å². The minimum atomic E-state index is -4.94. The summed E-state index contributed by atoms with van der Waals surface area (Å²) >= 11 is 0. The number of phosphoric ester groups is 1. The van der Waals surface area contributed by atoms with Gasteiger partial charge in [0, 0.05) is 12.8 Å². The van der Waals surface area contributed by atoms with Gasteiger partial charge in [-0.1, -0.05) is 320 Å². The largest absolute Gasteiger partial charge is 0.475 e. The van der Waals surface area contributed by atoms with Crippen molar-refractivity contribution >= 4 is 19.8 Å². The molecule has 1 fully saturated rings. The molecule has 520 valence electrons. The molecule has 16 heteroatoms. The number of carbonyl (C=O) groups excluding carboxylic acids is 2. The van der Waals surface area contributed by atoms with E-state index in [2.05, 4.69) is 13.8 Å². The average molecular weight is 1320 g/mol. The van der Waals surface area contributed by atoms with Crippen molar-refractivity contribution in [3.05, 3.63) is 179 Å². The van der Waals surface area contributed by atoms with Gasteiger partial charge in [-0.25, -0.2) is 4.57 Å². The van der Waals surface area contributed by atoms with Gasteiger partial charge in [0.15, 0.2) is 6.10 Å². The maximum atomic E-state index is 16.0. The van der Waals surface area contributed by atoms with Crippen LogP contribution in [0.1, 0.15) is 221 Å². The molecular formula is C78H113O15P. The molecule has 1 aliphatic carbocycles. The first-order chi connectivity index (χ1) is 46.2. The second-order valence-corrected chi connectivity index (χ2v) is 26.7. The van der Waals surface area contributed by atoms with E-state index in [-0.39, 0.29) is 66.1 Å². The third-order valence-corrected chi connectivity index (χ3v) is 18.5. The Labute approximate surface area is 563 Å². The summed E-state index contributed by atoms with van der Waals surface area (Å²) in [7, 11) is -4.94. The van der Waals surface area contributed by atoms with E-state index in [0.29, 0.717) is 18.4 Å². The number of ether oxygens (including phenoxy) is 8. The van der Waals surface area contributed by atoms with Gasteiger partial charge in [0.1, 0.15) is 56.8 Å². The molecule has 8 atom stereocenters. The molecular weight excluding hydrogens is 1210 g/mol. The van der Waals surface area contributed by atoms with Gasteiger partial charge in [-0.05, 0) is 40.7 Å².